The van der Waals surface area contributed by atoms with Crippen molar-refractivity contribution in [2.75, 3.05) is 13.7 Å². The minimum atomic E-state index is -0.398. The first-order valence-electron chi connectivity index (χ1n) is 5.81. The monoisotopic (exact) mass is 289 g/mol. The molecule has 0 fully saturated rings. The van der Waals surface area contributed by atoms with Gasteiger partial charge in [0.05, 0.1) is 7.11 Å². The van der Waals surface area contributed by atoms with Gasteiger partial charge in [-0.05, 0) is 30.5 Å². The first-order valence-corrected chi connectivity index (χ1v) is 5.81. The van der Waals surface area contributed by atoms with E-state index in [0.29, 0.717) is 24.3 Å². The average Bonchev–Trinajstić information content (AvgIpc) is 2.35. The zero-order valence-electron chi connectivity index (χ0n) is 11.1. The maximum absolute atomic E-state index is 10.9. The number of ether oxygens (including phenoxy) is 2. The summed E-state index contributed by atoms with van der Waals surface area (Å²) >= 11 is 0. The number of carbonyl (C=O) groups excluding carboxylic acids is 1. The van der Waals surface area contributed by atoms with Gasteiger partial charge in [-0.2, -0.15) is 0 Å². The van der Waals surface area contributed by atoms with E-state index >= 15 is 0 Å². The second-order valence-electron chi connectivity index (χ2n) is 3.98. The van der Waals surface area contributed by atoms with Crippen LogP contribution in [0.2, 0.25) is 0 Å². The van der Waals surface area contributed by atoms with Crippen molar-refractivity contribution >= 4 is 18.4 Å². The van der Waals surface area contributed by atoms with E-state index in [-0.39, 0.29) is 25.1 Å². The van der Waals surface area contributed by atoms with E-state index in [2.05, 4.69) is 0 Å². The molecule has 0 heterocycles. The number of nitrogens with two attached hydrogens (primary N) is 1. The van der Waals surface area contributed by atoms with Gasteiger partial charge >= 0.3 is 5.97 Å². The number of aliphatic hydroxyl groups is 1. The molecule has 0 aliphatic rings. The molecule has 1 rings (SSSR count). The fourth-order valence-corrected chi connectivity index (χ4v) is 1.63. The molecule has 19 heavy (non-hydrogen) atoms. The maximum atomic E-state index is 10.9. The van der Waals surface area contributed by atoms with Crippen molar-refractivity contribution in [2.45, 2.75) is 25.8 Å². The number of carbonyl (C=O) groups is 1. The summed E-state index contributed by atoms with van der Waals surface area (Å²) in [6.07, 6.45) is 1.34. The fourth-order valence-electron chi connectivity index (χ4n) is 1.63. The minimum Gasteiger partial charge on any atom is -0.493 e. The zero-order chi connectivity index (χ0) is 13.5. The minimum absolute atomic E-state index is 0. The van der Waals surface area contributed by atoms with Crippen molar-refractivity contribution in [3.63, 3.8) is 0 Å². The molecule has 6 heteroatoms. The van der Waals surface area contributed by atoms with E-state index in [4.69, 9.17) is 20.3 Å². The third-order valence-corrected chi connectivity index (χ3v) is 2.54. The number of halogens is 1. The largest absolute Gasteiger partial charge is 0.493 e. The van der Waals surface area contributed by atoms with Crippen LogP contribution in [-0.4, -0.2) is 24.8 Å². The van der Waals surface area contributed by atoms with Crippen LogP contribution in [0.1, 0.15) is 31.4 Å². The van der Waals surface area contributed by atoms with E-state index in [1.807, 2.05) is 0 Å². The summed E-state index contributed by atoms with van der Waals surface area (Å²) in [4.78, 5) is 10.9. The van der Waals surface area contributed by atoms with Crippen LogP contribution in [-0.2, 0) is 4.79 Å². The van der Waals surface area contributed by atoms with Crippen molar-refractivity contribution < 1.29 is 19.4 Å². The average molecular weight is 290 g/mol. The molecule has 5 nitrogen and oxygen atoms in total. The van der Waals surface area contributed by atoms with Crippen molar-refractivity contribution in [2.24, 2.45) is 5.73 Å². The molecule has 0 aliphatic carbocycles. The van der Waals surface area contributed by atoms with Gasteiger partial charge in [0.1, 0.15) is 0 Å². The first kappa shape index (κ1) is 17.7. The van der Waals surface area contributed by atoms with Crippen LogP contribution in [0, 0.1) is 0 Å². The van der Waals surface area contributed by atoms with Crippen LogP contribution >= 0.6 is 12.4 Å². The smallest absolute Gasteiger partial charge is 0.308 e. The van der Waals surface area contributed by atoms with Crippen LogP contribution in [0.3, 0.4) is 0 Å². The van der Waals surface area contributed by atoms with Gasteiger partial charge in [0, 0.05) is 19.6 Å². The van der Waals surface area contributed by atoms with Gasteiger partial charge in [-0.25, -0.2) is 0 Å². The second kappa shape index (κ2) is 8.74. The summed E-state index contributed by atoms with van der Waals surface area (Å²) in [5.41, 5.74) is 6.87. The van der Waals surface area contributed by atoms with Gasteiger partial charge in [-0.3, -0.25) is 4.79 Å². The third-order valence-electron chi connectivity index (χ3n) is 2.54. The Morgan fingerprint density at radius 3 is 2.63 bits per heavy atom. The fraction of sp³-hybridized carbons (Fsp3) is 0.462. The van der Waals surface area contributed by atoms with E-state index in [1.165, 1.54) is 14.0 Å². The number of hydrogen-bond acceptors (Lipinski definition) is 5. The SMILES string of the molecule is COc1cc([C@H](N)CCCO)ccc1OC(C)=O.Cl. The normalized spacial score (nSPS) is 11.4. The van der Waals surface area contributed by atoms with Gasteiger partial charge in [0.25, 0.3) is 0 Å². The molecule has 1 aromatic carbocycles. The molecule has 1 atom stereocenters. The predicted molar refractivity (Wildman–Crippen MR) is 74.8 cm³/mol. The Hall–Kier alpha value is -1.30. The quantitative estimate of drug-likeness (QED) is 0.616. The molecule has 0 amide bonds. The molecule has 0 saturated heterocycles. The first-order chi connectivity index (χ1) is 8.58. The molecule has 1 aromatic rings. The standard InChI is InChI=1S/C13H19NO4.ClH/c1-9(16)18-12-6-5-10(8-13(12)17-2)11(14)4-3-7-15;/h5-6,8,11,15H,3-4,7,14H2,1-2H3;1H/t11-;/m1./s1. The summed E-state index contributed by atoms with van der Waals surface area (Å²) in [5, 5.41) is 8.77. The van der Waals surface area contributed by atoms with Gasteiger partial charge in [0.2, 0.25) is 0 Å². The highest BCUT2D eigenvalue weighted by Crippen LogP contribution is 2.30. The van der Waals surface area contributed by atoms with Crippen molar-refractivity contribution in [3.05, 3.63) is 23.8 Å². The van der Waals surface area contributed by atoms with Gasteiger partial charge in [-0.15, -0.1) is 12.4 Å². The van der Waals surface area contributed by atoms with E-state index in [9.17, 15) is 4.79 Å². The van der Waals surface area contributed by atoms with Crippen molar-refractivity contribution in [3.8, 4) is 11.5 Å². The topological polar surface area (TPSA) is 81.8 Å². The molecule has 0 spiro atoms. The van der Waals surface area contributed by atoms with Gasteiger partial charge in [0.15, 0.2) is 11.5 Å². The number of aliphatic hydroxyl groups excluding tert-OH is 1. The maximum Gasteiger partial charge on any atom is 0.308 e. The lowest BCUT2D eigenvalue weighted by Gasteiger charge is -2.14. The summed E-state index contributed by atoms with van der Waals surface area (Å²) in [6.45, 7) is 1.46. The Labute approximate surface area is 119 Å². The number of benzene rings is 1. The second-order valence-corrected chi connectivity index (χ2v) is 3.98. The molecular weight excluding hydrogens is 270 g/mol. The Kier molecular flexibility index (Phi) is 8.14. The molecule has 0 radical (unpaired) electrons. The van der Waals surface area contributed by atoms with Crippen LogP contribution in [0.25, 0.3) is 0 Å². The molecule has 3 N–H and O–H groups in total. The molecule has 0 bridgehead atoms. The van der Waals surface area contributed by atoms with Gasteiger partial charge < -0.3 is 20.3 Å². The van der Waals surface area contributed by atoms with Crippen LogP contribution in [0.5, 0.6) is 11.5 Å². The highest BCUT2D eigenvalue weighted by molar-refractivity contribution is 5.85. The molecular formula is C13H20ClNO4. The lowest BCUT2D eigenvalue weighted by atomic mass is 10.0. The number of esters is 1. The lowest BCUT2D eigenvalue weighted by molar-refractivity contribution is -0.132. The highest BCUT2D eigenvalue weighted by atomic mass is 35.5. The Morgan fingerprint density at radius 2 is 2.11 bits per heavy atom. The predicted octanol–water partition coefficient (Wildman–Crippen LogP) is 1.81. The molecule has 0 unspecified atom stereocenters. The summed E-state index contributed by atoms with van der Waals surface area (Å²) in [6, 6.07) is 5.04. The Bertz CT molecular complexity index is 412. The van der Waals surface area contributed by atoms with E-state index in [1.54, 1.807) is 18.2 Å². The number of hydrogen-bond donors (Lipinski definition) is 2. The molecule has 108 valence electrons. The summed E-state index contributed by atoms with van der Waals surface area (Å²) in [7, 11) is 1.51. The third kappa shape index (κ3) is 5.46. The van der Waals surface area contributed by atoms with Crippen molar-refractivity contribution in [1.29, 1.82) is 0 Å². The summed E-state index contributed by atoms with van der Waals surface area (Å²) < 4.78 is 10.2. The van der Waals surface area contributed by atoms with Crippen LogP contribution in [0.15, 0.2) is 18.2 Å². The number of methoxy groups -OCH3 is 1. The lowest BCUT2D eigenvalue weighted by Crippen LogP contribution is -2.11. The Morgan fingerprint density at radius 1 is 1.42 bits per heavy atom. The van der Waals surface area contributed by atoms with Gasteiger partial charge in [-0.1, -0.05) is 6.07 Å². The summed E-state index contributed by atoms with van der Waals surface area (Å²) in [5.74, 6) is 0.455. The van der Waals surface area contributed by atoms with Crippen LogP contribution < -0.4 is 15.2 Å². The van der Waals surface area contributed by atoms with Crippen LogP contribution in [0.4, 0.5) is 0 Å². The number of rotatable bonds is 6. The Balaban J connectivity index is 0.00000324. The molecule has 0 aliphatic heterocycles. The van der Waals surface area contributed by atoms with Crippen molar-refractivity contribution in [1.82, 2.24) is 0 Å². The van der Waals surface area contributed by atoms with E-state index < -0.39 is 5.97 Å². The molecule has 0 saturated carbocycles. The zero-order valence-corrected chi connectivity index (χ0v) is 11.9. The van der Waals surface area contributed by atoms with E-state index in [0.717, 1.165) is 5.56 Å². The molecule has 0 aromatic heterocycles. The highest BCUT2D eigenvalue weighted by Gasteiger charge is 2.12.